The molecule has 0 aromatic carbocycles. The Morgan fingerprint density at radius 1 is 1.39 bits per heavy atom. The van der Waals surface area contributed by atoms with Crippen molar-refractivity contribution in [1.82, 2.24) is 10.3 Å². The van der Waals surface area contributed by atoms with Crippen LogP contribution in [0, 0.1) is 0 Å². The van der Waals surface area contributed by atoms with E-state index >= 15 is 0 Å². The Morgan fingerprint density at radius 2 is 2.06 bits per heavy atom. The number of pyridine rings is 1. The van der Waals surface area contributed by atoms with Crippen LogP contribution in [0.5, 0.6) is 0 Å². The summed E-state index contributed by atoms with van der Waals surface area (Å²) in [7, 11) is 0. The number of aliphatic hydroxyl groups is 1. The summed E-state index contributed by atoms with van der Waals surface area (Å²) in [5, 5.41) is 12.9. The average Bonchev–Trinajstić information content (AvgIpc) is 2.44. The minimum absolute atomic E-state index is 0.144. The molecule has 4 nitrogen and oxygen atoms in total. The number of nitrogens with one attached hydrogen (secondary N) is 1. The fourth-order valence-electron chi connectivity index (χ4n) is 1.77. The molecule has 0 atom stereocenters. The van der Waals surface area contributed by atoms with E-state index in [1.807, 2.05) is 20.8 Å². The first-order valence-electron chi connectivity index (χ1n) is 6.49. The van der Waals surface area contributed by atoms with Crippen LogP contribution in [0.2, 0.25) is 0 Å². The van der Waals surface area contributed by atoms with E-state index in [9.17, 15) is 9.90 Å². The summed E-state index contributed by atoms with van der Waals surface area (Å²) in [4.78, 5) is 16.1. The van der Waals surface area contributed by atoms with E-state index in [0.717, 1.165) is 12.0 Å². The maximum Gasteiger partial charge on any atom is 0.251 e. The quantitative estimate of drug-likeness (QED) is 0.811. The molecule has 0 saturated heterocycles. The number of aromatic nitrogens is 1. The van der Waals surface area contributed by atoms with Gasteiger partial charge in [0.05, 0.1) is 5.60 Å². The number of carbonyl (C=O) groups is 1. The van der Waals surface area contributed by atoms with Crippen molar-refractivity contribution in [3.8, 4) is 0 Å². The molecule has 18 heavy (non-hydrogen) atoms. The minimum atomic E-state index is -0.810. The Labute approximate surface area is 108 Å². The second-order valence-electron chi connectivity index (χ2n) is 4.50. The van der Waals surface area contributed by atoms with E-state index in [2.05, 4.69) is 10.3 Å². The lowest BCUT2D eigenvalue weighted by atomic mass is 9.97. The zero-order chi connectivity index (χ0) is 13.6. The van der Waals surface area contributed by atoms with Crippen molar-refractivity contribution in [2.24, 2.45) is 0 Å². The maximum absolute atomic E-state index is 12.1. The van der Waals surface area contributed by atoms with E-state index in [-0.39, 0.29) is 12.5 Å². The van der Waals surface area contributed by atoms with E-state index in [4.69, 9.17) is 0 Å². The lowest BCUT2D eigenvalue weighted by Gasteiger charge is -2.25. The molecule has 1 aromatic rings. The Bertz CT molecular complexity index is 401. The highest BCUT2D eigenvalue weighted by atomic mass is 16.3. The molecule has 0 radical (unpaired) electrons. The summed E-state index contributed by atoms with van der Waals surface area (Å²) in [5.41, 5.74) is 0.753. The van der Waals surface area contributed by atoms with Gasteiger partial charge in [0, 0.05) is 24.5 Å². The van der Waals surface area contributed by atoms with Gasteiger partial charge in [0.15, 0.2) is 0 Å². The van der Waals surface area contributed by atoms with Crippen molar-refractivity contribution < 1.29 is 9.90 Å². The molecule has 1 rings (SSSR count). The lowest BCUT2D eigenvalue weighted by Crippen LogP contribution is -2.42. The normalized spacial score (nSPS) is 11.3. The van der Waals surface area contributed by atoms with E-state index in [1.165, 1.54) is 0 Å². The Kier molecular flexibility index (Phi) is 5.28. The first kappa shape index (κ1) is 14.6. The fourth-order valence-corrected chi connectivity index (χ4v) is 1.77. The summed E-state index contributed by atoms with van der Waals surface area (Å²) in [5.74, 6) is -0.144. The monoisotopic (exact) mass is 250 g/mol. The number of hydrogen-bond donors (Lipinski definition) is 2. The van der Waals surface area contributed by atoms with Crippen molar-refractivity contribution in [3.63, 3.8) is 0 Å². The molecule has 0 aliphatic rings. The molecular weight excluding hydrogens is 228 g/mol. The molecule has 0 aliphatic carbocycles. The van der Waals surface area contributed by atoms with Gasteiger partial charge in [-0.3, -0.25) is 9.78 Å². The molecule has 0 saturated carbocycles. The third-order valence-electron chi connectivity index (χ3n) is 3.42. The molecule has 2 N–H and O–H groups in total. The van der Waals surface area contributed by atoms with Crippen LogP contribution in [0.3, 0.4) is 0 Å². The van der Waals surface area contributed by atoms with Gasteiger partial charge in [-0.25, -0.2) is 0 Å². The Balaban J connectivity index is 2.71. The zero-order valence-electron chi connectivity index (χ0n) is 11.4. The minimum Gasteiger partial charge on any atom is -0.388 e. The van der Waals surface area contributed by atoms with Crippen molar-refractivity contribution in [1.29, 1.82) is 0 Å². The third kappa shape index (κ3) is 3.53. The molecule has 0 aliphatic heterocycles. The van der Waals surface area contributed by atoms with Gasteiger partial charge in [0.2, 0.25) is 0 Å². The van der Waals surface area contributed by atoms with Crippen LogP contribution in [0.1, 0.15) is 49.5 Å². The summed E-state index contributed by atoms with van der Waals surface area (Å²) in [6.45, 7) is 6.10. The van der Waals surface area contributed by atoms with Crippen molar-refractivity contribution in [2.45, 2.75) is 45.6 Å². The standard InChI is InChI=1S/C14H22N2O2/c1-4-11-9-15-8-7-12(11)13(17)16-10-14(18,5-2)6-3/h7-9,18H,4-6,10H2,1-3H3,(H,16,17). The molecule has 1 amide bonds. The lowest BCUT2D eigenvalue weighted by molar-refractivity contribution is 0.0314. The van der Waals surface area contributed by atoms with E-state index in [1.54, 1.807) is 18.5 Å². The largest absolute Gasteiger partial charge is 0.388 e. The number of rotatable bonds is 6. The third-order valence-corrected chi connectivity index (χ3v) is 3.42. The molecule has 4 heteroatoms. The molecule has 100 valence electrons. The summed E-state index contributed by atoms with van der Waals surface area (Å²) >= 11 is 0. The topological polar surface area (TPSA) is 62.2 Å². The van der Waals surface area contributed by atoms with Gasteiger partial charge < -0.3 is 10.4 Å². The SMILES string of the molecule is CCc1cnccc1C(=O)NCC(O)(CC)CC. The molecule has 0 bridgehead atoms. The molecule has 0 unspecified atom stereocenters. The highest BCUT2D eigenvalue weighted by Crippen LogP contribution is 2.14. The Morgan fingerprint density at radius 3 is 2.61 bits per heavy atom. The van der Waals surface area contributed by atoms with Gasteiger partial charge in [-0.15, -0.1) is 0 Å². The first-order valence-corrected chi connectivity index (χ1v) is 6.49. The van der Waals surface area contributed by atoms with E-state index < -0.39 is 5.60 Å². The molecule has 1 aromatic heterocycles. The Hall–Kier alpha value is -1.42. The second-order valence-corrected chi connectivity index (χ2v) is 4.50. The average molecular weight is 250 g/mol. The predicted octanol–water partition coefficient (Wildman–Crippen LogP) is 1.92. The van der Waals surface area contributed by atoms with Crippen LogP contribution in [0.15, 0.2) is 18.5 Å². The number of hydrogen-bond acceptors (Lipinski definition) is 3. The van der Waals surface area contributed by atoms with E-state index in [0.29, 0.717) is 18.4 Å². The summed E-state index contributed by atoms with van der Waals surface area (Å²) in [6.07, 6.45) is 5.34. The molecular formula is C14H22N2O2. The van der Waals surface area contributed by atoms with Crippen LogP contribution < -0.4 is 5.32 Å². The fraction of sp³-hybridized carbons (Fsp3) is 0.571. The zero-order valence-corrected chi connectivity index (χ0v) is 11.4. The van der Waals surface area contributed by atoms with Crippen LogP contribution in [-0.4, -0.2) is 28.1 Å². The number of amides is 1. The second kappa shape index (κ2) is 6.50. The molecule has 0 fully saturated rings. The highest BCUT2D eigenvalue weighted by molar-refractivity contribution is 5.95. The summed E-state index contributed by atoms with van der Waals surface area (Å²) in [6, 6.07) is 1.71. The van der Waals surface area contributed by atoms with Crippen LogP contribution in [0.4, 0.5) is 0 Å². The van der Waals surface area contributed by atoms with Gasteiger partial charge in [0.25, 0.3) is 5.91 Å². The van der Waals surface area contributed by atoms with Crippen molar-refractivity contribution >= 4 is 5.91 Å². The van der Waals surface area contributed by atoms with Crippen LogP contribution >= 0.6 is 0 Å². The number of carbonyl (C=O) groups excluding carboxylic acids is 1. The molecule has 0 spiro atoms. The number of aryl methyl sites for hydroxylation is 1. The van der Waals surface area contributed by atoms with Crippen LogP contribution in [-0.2, 0) is 6.42 Å². The van der Waals surface area contributed by atoms with Gasteiger partial charge in [-0.2, -0.15) is 0 Å². The van der Waals surface area contributed by atoms with Gasteiger partial charge in [-0.1, -0.05) is 20.8 Å². The van der Waals surface area contributed by atoms with Gasteiger partial charge >= 0.3 is 0 Å². The van der Waals surface area contributed by atoms with Crippen molar-refractivity contribution in [2.75, 3.05) is 6.54 Å². The molecule has 1 heterocycles. The maximum atomic E-state index is 12.1. The summed E-state index contributed by atoms with van der Waals surface area (Å²) < 4.78 is 0. The smallest absolute Gasteiger partial charge is 0.251 e. The first-order chi connectivity index (χ1) is 8.56. The highest BCUT2D eigenvalue weighted by Gasteiger charge is 2.23. The number of nitrogens with zero attached hydrogens (tertiary/aromatic N) is 1. The van der Waals surface area contributed by atoms with Crippen LogP contribution in [0.25, 0.3) is 0 Å². The predicted molar refractivity (Wildman–Crippen MR) is 71.5 cm³/mol. The van der Waals surface area contributed by atoms with Gasteiger partial charge in [-0.05, 0) is 30.9 Å². The van der Waals surface area contributed by atoms with Crippen molar-refractivity contribution in [3.05, 3.63) is 29.6 Å². The van der Waals surface area contributed by atoms with Gasteiger partial charge in [0.1, 0.15) is 0 Å².